The molecule has 1 aromatic heterocycles. The first-order chi connectivity index (χ1) is 14.2. The number of nitro groups is 1. The molecule has 8 heteroatoms. The molecule has 1 fully saturated rings. The number of hydrogen-bond donors (Lipinski definition) is 2. The molecule has 0 amide bonds. The second kappa shape index (κ2) is 8.30. The minimum absolute atomic E-state index is 0.0205. The molecular weight excluding hydrogens is 368 g/mol. The number of fused-ring (bicyclic) bond motifs is 1. The Kier molecular flexibility index (Phi) is 5.41. The van der Waals surface area contributed by atoms with E-state index in [2.05, 4.69) is 49.8 Å². The molecule has 2 aromatic carbocycles. The van der Waals surface area contributed by atoms with Crippen molar-refractivity contribution in [3.8, 4) is 0 Å². The summed E-state index contributed by atoms with van der Waals surface area (Å²) in [5.74, 6) is 0.588. The van der Waals surface area contributed by atoms with E-state index in [4.69, 9.17) is 0 Å². The third-order valence-electron chi connectivity index (χ3n) is 5.18. The maximum atomic E-state index is 11.5. The van der Waals surface area contributed by atoms with Crippen LogP contribution in [0.3, 0.4) is 0 Å². The number of nitro benzene ring substituents is 1. The minimum Gasteiger partial charge on any atom is -0.380 e. The third kappa shape index (κ3) is 4.06. The number of nitrogens with zero attached hydrogens (tertiary/aromatic N) is 4. The van der Waals surface area contributed by atoms with Gasteiger partial charge >= 0.3 is 0 Å². The van der Waals surface area contributed by atoms with Crippen LogP contribution in [0.2, 0.25) is 0 Å². The lowest BCUT2D eigenvalue weighted by Crippen LogP contribution is -2.17. The van der Waals surface area contributed by atoms with Crippen LogP contribution in [0.25, 0.3) is 10.9 Å². The van der Waals surface area contributed by atoms with Crippen molar-refractivity contribution in [3.05, 3.63) is 58.4 Å². The molecule has 4 rings (SSSR count). The molecule has 0 aliphatic carbocycles. The summed E-state index contributed by atoms with van der Waals surface area (Å²) in [5.41, 5.74) is 3.52. The smallest absolute Gasteiger partial charge is 0.293 e. The topological polar surface area (TPSA) is 96.2 Å². The maximum Gasteiger partial charge on any atom is 0.293 e. The highest BCUT2D eigenvalue weighted by atomic mass is 16.6. The van der Waals surface area contributed by atoms with Crippen molar-refractivity contribution in [2.45, 2.75) is 26.3 Å². The van der Waals surface area contributed by atoms with E-state index in [0.29, 0.717) is 35.5 Å². The average Bonchev–Trinajstić information content (AvgIpc) is 3.27. The van der Waals surface area contributed by atoms with Gasteiger partial charge in [-0.1, -0.05) is 12.1 Å². The fourth-order valence-corrected chi connectivity index (χ4v) is 3.70. The maximum absolute atomic E-state index is 11.5. The highest BCUT2D eigenvalue weighted by Crippen LogP contribution is 2.32. The van der Waals surface area contributed by atoms with Gasteiger partial charge in [-0.05, 0) is 43.5 Å². The van der Waals surface area contributed by atoms with Crippen LogP contribution in [0.5, 0.6) is 0 Å². The number of nitrogens with one attached hydrogen (secondary N) is 2. The van der Waals surface area contributed by atoms with Gasteiger partial charge in [-0.25, -0.2) is 9.97 Å². The highest BCUT2D eigenvalue weighted by Gasteiger charge is 2.17. The van der Waals surface area contributed by atoms with Gasteiger partial charge in [0.05, 0.1) is 10.4 Å². The molecule has 1 saturated heterocycles. The summed E-state index contributed by atoms with van der Waals surface area (Å²) in [4.78, 5) is 22.1. The van der Waals surface area contributed by atoms with Crippen LogP contribution in [0.1, 0.15) is 25.3 Å². The first kappa shape index (κ1) is 18.9. The van der Waals surface area contributed by atoms with Crippen LogP contribution >= 0.6 is 0 Å². The Hall–Kier alpha value is -3.42. The number of benzene rings is 2. The van der Waals surface area contributed by atoms with Gasteiger partial charge in [-0.15, -0.1) is 0 Å². The van der Waals surface area contributed by atoms with E-state index in [9.17, 15) is 10.1 Å². The Labute approximate surface area is 169 Å². The second-order valence-electron chi connectivity index (χ2n) is 7.11. The van der Waals surface area contributed by atoms with E-state index in [1.54, 1.807) is 6.07 Å². The number of hydrogen-bond acceptors (Lipinski definition) is 7. The van der Waals surface area contributed by atoms with Gasteiger partial charge in [0.2, 0.25) is 0 Å². The zero-order valence-corrected chi connectivity index (χ0v) is 16.4. The van der Waals surface area contributed by atoms with E-state index >= 15 is 0 Å². The van der Waals surface area contributed by atoms with Crippen molar-refractivity contribution in [3.63, 3.8) is 0 Å². The van der Waals surface area contributed by atoms with Gasteiger partial charge in [-0.3, -0.25) is 10.1 Å². The van der Waals surface area contributed by atoms with Crippen LogP contribution in [0, 0.1) is 10.1 Å². The van der Waals surface area contributed by atoms with Gasteiger partial charge in [0, 0.05) is 43.3 Å². The summed E-state index contributed by atoms with van der Waals surface area (Å²) in [6, 6.07) is 11.7. The standard InChI is InChI=1S/C21H24N6O2/c1-2-22-19-12-18-17(11-20(19)27(28)29)21(25-14-24-18)23-13-15-5-7-16(8-6-15)26-9-3-4-10-26/h5-8,11-12,14,22H,2-4,9-10,13H2,1H3,(H,23,24,25). The summed E-state index contributed by atoms with van der Waals surface area (Å²) in [6.45, 7) is 5.32. The lowest BCUT2D eigenvalue weighted by molar-refractivity contribution is -0.383. The molecular formula is C21H24N6O2. The van der Waals surface area contributed by atoms with Crippen molar-refractivity contribution in [2.24, 2.45) is 0 Å². The Balaban J connectivity index is 1.56. The molecule has 0 unspecified atom stereocenters. The molecule has 3 aromatic rings. The molecule has 0 bridgehead atoms. The largest absolute Gasteiger partial charge is 0.380 e. The predicted octanol–water partition coefficient (Wildman–Crippen LogP) is 4.18. The predicted molar refractivity (Wildman–Crippen MR) is 116 cm³/mol. The van der Waals surface area contributed by atoms with Gasteiger partial charge in [0.25, 0.3) is 5.69 Å². The van der Waals surface area contributed by atoms with E-state index in [0.717, 1.165) is 18.7 Å². The first-order valence-electron chi connectivity index (χ1n) is 9.90. The fraction of sp³-hybridized carbons (Fsp3) is 0.333. The van der Waals surface area contributed by atoms with Crippen molar-refractivity contribution < 1.29 is 4.92 Å². The fourth-order valence-electron chi connectivity index (χ4n) is 3.70. The summed E-state index contributed by atoms with van der Waals surface area (Å²) in [7, 11) is 0. The van der Waals surface area contributed by atoms with Gasteiger partial charge < -0.3 is 15.5 Å². The van der Waals surface area contributed by atoms with Crippen molar-refractivity contribution >= 4 is 33.8 Å². The molecule has 2 heterocycles. The molecule has 0 saturated carbocycles. The van der Waals surface area contributed by atoms with Crippen LogP contribution in [0.15, 0.2) is 42.7 Å². The summed E-state index contributed by atoms with van der Waals surface area (Å²) in [6.07, 6.45) is 3.99. The average molecular weight is 392 g/mol. The Morgan fingerprint density at radius 1 is 1.10 bits per heavy atom. The first-order valence-corrected chi connectivity index (χ1v) is 9.90. The molecule has 2 N–H and O–H groups in total. The highest BCUT2D eigenvalue weighted by molar-refractivity contribution is 5.94. The van der Waals surface area contributed by atoms with Gasteiger partial charge in [-0.2, -0.15) is 0 Å². The molecule has 0 atom stereocenters. The summed E-state index contributed by atoms with van der Waals surface area (Å²) in [5, 5.41) is 18.4. The second-order valence-corrected chi connectivity index (χ2v) is 7.11. The Bertz CT molecular complexity index is 1020. The van der Waals surface area contributed by atoms with Crippen LogP contribution in [0.4, 0.5) is 22.9 Å². The Morgan fingerprint density at radius 3 is 2.55 bits per heavy atom. The third-order valence-corrected chi connectivity index (χ3v) is 5.18. The zero-order valence-electron chi connectivity index (χ0n) is 16.4. The summed E-state index contributed by atoms with van der Waals surface area (Å²) < 4.78 is 0. The van der Waals surface area contributed by atoms with Gasteiger partial charge in [0.15, 0.2) is 0 Å². The monoisotopic (exact) mass is 392 g/mol. The number of aromatic nitrogens is 2. The van der Waals surface area contributed by atoms with Crippen LogP contribution < -0.4 is 15.5 Å². The molecule has 1 aliphatic rings. The molecule has 0 radical (unpaired) electrons. The molecule has 0 spiro atoms. The van der Waals surface area contributed by atoms with Gasteiger partial charge in [0.1, 0.15) is 17.8 Å². The van der Waals surface area contributed by atoms with E-state index < -0.39 is 0 Å². The van der Waals surface area contributed by atoms with Crippen molar-refractivity contribution in [1.29, 1.82) is 0 Å². The lowest BCUT2D eigenvalue weighted by atomic mass is 10.1. The van der Waals surface area contributed by atoms with E-state index in [-0.39, 0.29) is 10.6 Å². The van der Waals surface area contributed by atoms with E-state index in [1.807, 2.05) is 6.92 Å². The minimum atomic E-state index is -0.384. The molecule has 29 heavy (non-hydrogen) atoms. The van der Waals surface area contributed by atoms with Crippen molar-refractivity contribution in [2.75, 3.05) is 35.2 Å². The number of rotatable bonds is 7. The molecule has 8 nitrogen and oxygen atoms in total. The summed E-state index contributed by atoms with van der Waals surface area (Å²) >= 11 is 0. The van der Waals surface area contributed by atoms with Crippen LogP contribution in [-0.2, 0) is 6.54 Å². The molecule has 1 aliphatic heterocycles. The van der Waals surface area contributed by atoms with Crippen molar-refractivity contribution in [1.82, 2.24) is 9.97 Å². The quantitative estimate of drug-likeness (QED) is 0.460. The lowest BCUT2D eigenvalue weighted by Gasteiger charge is -2.18. The molecule has 150 valence electrons. The van der Waals surface area contributed by atoms with E-state index in [1.165, 1.54) is 30.9 Å². The SMILES string of the molecule is CCNc1cc2ncnc(NCc3ccc(N4CCCC4)cc3)c2cc1[N+](=O)[O-]. The number of anilines is 3. The zero-order chi connectivity index (χ0) is 20.2. The Morgan fingerprint density at radius 2 is 1.86 bits per heavy atom. The van der Waals surface area contributed by atoms with Crippen LogP contribution in [-0.4, -0.2) is 34.5 Å². The normalized spacial score (nSPS) is 13.6.